The van der Waals surface area contributed by atoms with Crippen molar-refractivity contribution in [2.75, 3.05) is 19.7 Å². The van der Waals surface area contributed by atoms with Crippen LogP contribution in [0.1, 0.15) is 44.0 Å². The zero-order valence-corrected chi connectivity index (χ0v) is 16.0. The van der Waals surface area contributed by atoms with Gasteiger partial charge in [-0.3, -0.25) is 14.4 Å². The summed E-state index contributed by atoms with van der Waals surface area (Å²) in [5.41, 5.74) is 0.424. The van der Waals surface area contributed by atoms with Gasteiger partial charge in [-0.05, 0) is 49.9 Å². The van der Waals surface area contributed by atoms with Crippen molar-refractivity contribution in [3.63, 3.8) is 0 Å². The van der Waals surface area contributed by atoms with Gasteiger partial charge in [-0.2, -0.15) is 0 Å². The molecule has 2 rings (SSSR count). The van der Waals surface area contributed by atoms with Crippen molar-refractivity contribution in [3.05, 3.63) is 35.6 Å². The second-order valence-corrected chi connectivity index (χ2v) is 7.28. The van der Waals surface area contributed by atoms with E-state index in [2.05, 4.69) is 5.32 Å². The molecule has 27 heavy (non-hydrogen) atoms. The van der Waals surface area contributed by atoms with Gasteiger partial charge < -0.3 is 15.0 Å². The van der Waals surface area contributed by atoms with Crippen molar-refractivity contribution < 1.29 is 23.5 Å². The van der Waals surface area contributed by atoms with Gasteiger partial charge in [-0.25, -0.2) is 4.39 Å². The highest BCUT2D eigenvalue weighted by molar-refractivity contribution is 5.94. The van der Waals surface area contributed by atoms with Crippen molar-refractivity contribution in [1.29, 1.82) is 0 Å². The summed E-state index contributed by atoms with van der Waals surface area (Å²) >= 11 is 0. The third-order valence-corrected chi connectivity index (χ3v) is 4.94. The Morgan fingerprint density at radius 3 is 2.30 bits per heavy atom. The van der Waals surface area contributed by atoms with Crippen LogP contribution in [0.15, 0.2) is 24.3 Å². The molecule has 1 aliphatic rings. The van der Waals surface area contributed by atoms with Crippen molar-refractivity contribution in [1.82, 2.24) is 10.2 Å². The molecule has 0 spiro atoms. The second-order valence-electron chi connectivity index (χ2n) is 7.28. The number of hydrogen-bond acceptors (Lipinski definition) is 4. The molecule has 0 aliphatic carbocycles. The quantitative estimate of drug-likeness (QED) is 0.771. The maximum atomic E-state index is 13.0. The van der Waals surface area contributed by atoms with Crippen LogP contribution in [0.2, 0.25) is 0 Å². The summed E-state index contributed by atoms with van der Waals surface area (Å²) in [6.45, 7) is 6.46. The van der Waals surface area contributed by atoms with Crippen molar-refractivity contribution >= 4 is 17.8 Å². The zero-order chi connectivity index (χ0) is 20.0. The Morgan fingerprint density at radius 2 is 1.74 bits per heavy atom. The summed E-state index contributed by atoms with van der Waals surface area (Å²) in [4.78, 5) is 38.0. The number of rotatable bonds is 6. The van der Waals surface area contributed by atoms with E-state index in [-0.39, 0.29) is 36.2 Å². The Bertz CT molecular complexity index is 667. The van der Waals surface area contributed by atoms with Gasteiger partial charge in [0.15, 0.2) is 6.61 Å². The first kappa shape index (κ1) is 20.9. The lowest BCUT2D eigenvalue weighted by atomic mass is 9.96. The first-order chi connectivity index (χ1) is 12.8. The molecule has 0 bridgehead atoms. The summed E-state index contributed by atoms with van der Waals surface area (Å²) < 4.78 is 18.1. The molecule has 1 fully saturated rings. The predicted molar refractivity (Wildman–Crippen MR) is 98.4 cm³/mol. The fraction of sp³-hybridized carbons (Fsp3) is 0.550. The number of carbonyl (C=O) groups excluding carboxylic acids is 3. The summed E-state index contributed by atoms with van der Waals surface area (Å²) in [6, 6.07) is 5.42. The van der Waals surface area contributed by atoms with Crippen molar-refractivity contribution in [2.24, 2.45) is 11.8 Å². The highest BCUT2D eigenvalue weighted by Crippen LogP contribution is 2.20. The van der Waals surface area contributed by atoms with E-state index >= 15 is 0 Å². The van der Waals surface area contributed by atoms with E-state index in [1.165, 1.54) is 24.3 Å². The Kier molecular flexibility index (Phi) is 7.33. The normalized spacial score (nSPS) is 16.1. The van der Waals surface area contributed by atoms with Gasteiger partial charge in [-0.1, -0.05) is 13.8 Å². The predicted octanol–water partition coefficient (Wildman–Crippen LogP) is 2.38. The topological polar surface area (TPSA) is 75.7 Å². The molecule has 0 aromatic heterocycles. The maximum Gasteiger partial charge on any atom is 0.309 e. The highest BCUT2D eigenvalue weighted by Gasteiger charge is 2.29. The molecule has 7 heteroatoms. The number of halogens is 1. The lowest BCUT2D eigenvalue weighted by Gasteiger charge is -2.31. The number of nitrogens with zero attached hydrogens (tertiary/aromatic N) is 1. The second kappa shape index (κ2) is 9.48. The van der Waals surface area contributed by atoms with Crippen LogP contribution < -0.4 is 5.32 Å². The monoisotopic (exact) mass is 378 g/mol. The largest absolute Gasteiger partial charge is 0.455 e. The number of piperidine rings is 1. The summed E-state index contributed by atoms with van der Waals surface area (Å²) in [6.07, 6.45) is 0.964. The van der Waals surface area contributed by atoms with E-state index in [9.17, 15) is 18.8 Å². The van der Waals surface area contributed by atoms with E-state index in [4.69, 9.17) is 4.74 Å². The molecule has 2 amide bonds. The summed E-state index contributed by atoms with van der Waals surface area (Å²) in [5.74, 6) is -1.31. The van der Waals surface area contributed by atoms with Crippen LogP contribution in [0, 0.1) is 17.7 Å². The molecule has 1 atom stereocenters. The lowest BCUT2D eigenvalue weighted by molar-refractivity contribution is -0.154. The molecule has 0 unspecified atom stereocenters. The number of esters is 1. The van der Waals surface area contributed by atoms with Gasteiger partial charge in [0.2, 0.25) is 0 Å². The Balaban J connectivity index is 1.76. The summed E-state index contributed by atoms with van der Waals surface area (Å²) in [7, 11) is 0. The van der Waals surface area contributed by atoms with Crippen molar-refractivity contribution in [3.8, 4) is 0 Å². The first-order valence-corrected chi connectivity index (χ1v) is 9.28. The average Bonchev–Trinajstić information content (AvgIpc) is 2.66. The number of benzene rings is 1. The molecule has 6 nitrogen and oxygen atoms in total. The lowest BCUT2D eigenvalue weighted by Crippen LogP contribution is -2.42. The molecule has 1 N–H and O–H groups in total. The van der Waals surface area contributed by atoms with Gasteiger partial charge in [-0.15, -0.1) is 0 Å². The smallest absolute Gasteiger partial charge is 0.309 e. The molecule has 1 aromatic carbocycles. The van der Waals surface area contributed by atoms with E-state index in [1.54, 1.807) is 4.90 Å². The van der Waals surface area contributed by atoms with Crippen LogP contribution in [0.5, 0.6) is 0 Å². The Labute approximate surface area is 159 Å². The van der Waals surface area contributed by atoms with Gasteiger partial charge in [0.1, 0.15) is 5.82 Å². The maximum absolute atomic E-state index is 13.0. The average molecular weight is 378 g/mol. The molecule has 1 aromatic rings. The van der Waals surface area contributed by atoms with E-state index in [1.807, 2.05) is 20.8 Å². The standard InChI is InChI=1S/C20H27FN2O4/c1-13(2)14(3)22-18(24)12-27-20(26)16-8-10-23(11-9-16)19(25)15-4-6-17(21)7-5-15/h4-7,13-14,16H,8-12H2,1-3H3,(H,22,24)/t14-/m1/s1. The van der Waals surface area contributed by atoms with Crippen LogP contribution in [0.25, 0.3) is 0 Å². The molecule has 1 aliphatic heterocycles. The molecule has 0 saturated carbocycles. The first-order valence-electron chi connectivity index (χ1n) is 9.28. The van der Waals surface area contributed by atoms with Crippen LogP contribution in [0.3, 0.4) is 0 Å². The van der Waals surface area contributed by atoms with Gasteiger partial charge >= 0.3 is 5.97 Å². The molecule has 0 radical (unpaired) electrons. The van der Waals surface area contributed by atoms with Gasteiger partial charge in [0.25, 0.3) is 11.8 Å². The number of carbonyl (C=O) groups is 3. The number of hydrogen-bond donors (Lipinski definition) is 1. The minimum absolute atomic E-state index is 0.0110. The fourth-order valence-corrected chi connectivity index (χ4v) is 2.81. The van der Waals surface area contributed by atoms with Gasteiger partial charge in [0.05, 0.1) is 5.92 Å². The Hall–Kier alpha value is -2.44. The fourth-order valence-electron chi connectivity index (χ4n) is 2.81. The molecule has 1 heterocycles. The van der Waals surface area contributed by atoms with E-state index < -0.39 is 5.97 Å². The minimum Gasteiger partial charge on any atom is -0.455 e. The van der Waals surface area contributed by atoms with Crippen LogP contribution in [-0.4, -0.2) is 48.4 Å². The minimum atomic E-state index is -0.406. The number of likely N-dealkylation sites (tertiary alicyclic amines) is 1. The molecule has 1 saturated heterocycles. The molecular weight excluding hydrogens is 351 g/mol. The molecular formula is C20H27FN2O4. The molecule has 148 valence electrons. The third-order valence-electron chi connectivity index (χ3n) is 4.94. The highest BCUT2D eigenvalue weighted by atomic mass is 19.1. The third kappa shape index (κ3) is 6.05. The number of amides is 2. The zero-order valence-electron chi connectivity index (χ0n) is 16.0. The SMILES string of the molecule is CC(C)[C@@H](C)NC(=O)COC(=O)C1CCN(C(=O)c2ccc(F)cc2)CC1. The van der Waals surface area contributed by atoms with E-state index in [0.717, 1.165) is 0 Å². The van der Waals surface area contributed by atoms with Gasteiger partial charge in [0, 0.05) is 24.7 Å². The van der Waals surface area contributed by atoms with Crippen molar-refractivity contribution in [2.45, 2.75) is 39.7 Å². The van der Waals surface area contributed by atoms with Crippen LogP contribution in [-0.2, 0) is 14.3 Å². The van der Waals surface area contributed by atoms with E-state index in [0.29, 0.717) is 37.4 Å². The van der Waals surface area contributed by atoms with Crippen LogP contribution in [0.4, 0.5) is 4.39 Å². The number of ether oxygens (including phenoxy) is 1. The van der Waals surface area contributed by atoms with Crippen LogP contribution >= 0.6 is 0 Å². The summed E-state index contributed by atoms with van der Waals surface area (Å²) in [5, 5.41) is 2.79. The number of nitrogens with one attached hydrogen (secondary N) is 1. The Morgan fingerprint density at radius 1 is 1.15 bits per heavy atom.